The van der Waals surface area contributed by atoms with Gasteiger partial charge in [-0.2, -0.15) is 0 Å². The van der Waals surface area contributed by atoms with Crippen LogP contribution >= 0.6 is 0 Å². The van der Waals surface area contributed by atoms with E-state index in [0.29, 0.717) is 12.0 Å². The third kappa shape index (κ3) is 9.95. The summed E-state index contributed by atoms with van der Waals surface area (Å²) < 4.78 is 0. The zero-order valence-corrected chi connectivity index (χ0v) is 17.4. The first kappa shape index (κ1) is 23.7. The second-order valence-electron chi connectivity index (χ2n) is 7.94. The minimum absolute atomic E-state index is 0.407. The number of hydrogen-bond acceptors (Lipinski definition) is 2. The fraction of sp³-hybridized carbons (Fsp3) is 0.708. The van der Waals surface area contributed by atoms with Crippen LogP contribution < -0.4 is 5.73 Å². The van der Waals surface area contributed by atoms with Crippen LogP contribution in [0.25, 0.3) is 0 Å². The Kier molecular flexibility index (Phi) is 12.9. The van der Waals surface area contributed by atoms with Crippen LogP contribution in [-0.2, 0) is 10.4 Å². The van der Waals surface area contributed by atoms with Crippen molar-refractivity contribution in [2.45, 2.75) is 109 Å². The lowest BCUT2D eigenvalue weighted by molar-refractivity contribution is -0.138. The van der Waals surface area contributed by atoms with Gasteiger partial charge in [0.1, 0.15) is 0 Å². The predicted octanol–water partition coefficient (Wildman–Crippen LogP) is 6.23. The molecule has 0 aromatic heterocycles. The molecule has 0 bridgehead atoms. The van der Waals surface area contributed by atoms with Crippen LogP contribution in [0.4, 0.5) is 0 Å². The summed E-state index contributed by atoms with van der Waals surface area (Å²) in [6.45, 7) is 2.27. The predicted molar refractivity (Wildman–Crippen MR) is 114 cm³/mol. The molecule has 0 aliphatic rings. The van der Waals surface area contributed by atoms with Gasteiger partial charge in [0.15, 0.2) is 5.60 Å². The number of hydrogen-bond donors (Lipinski definition) is 2. The number of amides is 1. The summed E-state index contributed by atoms with van der Waals surface area (Å²) in [5.74, 6) is -0.650. The number of aliphatic hydroxyl groups is 1. The Bertz CT molecular complexity index is 488. The summed E-state index contributed by atoms with van der Waals surface area (Å²) in [6, 6.07) is 9.07. The number of rotatable bonds is 17. The van der Waals surface area contributed by atoms with E-state index in [2.05, 4.69) is 6.92 Å². The van der Waals surface area contributed by atoms with Gasteiger partial charge in [0.2, 0.25) is 0 Å². The number of nitrogens with two attached hydrogens (primary N) is 1. The molecule has 1 unspecified atom stereocenters. The number of benzene rings is 1. The lowest BCUT2D eigenvalue weighted by Gasteiger charge is -2.25. The molecular weight excluding hydrogens is 334 g/mol. The van der Waals surface area contributed by atoms with Crippen LogP contribution in [-0.4, -0.2) is 11.0 Å². The van der Waals surface area contributed by atoms with Crippen LogP contribution in [0.5, 0.6) is 0 Å². The van der Waals surface area contributed by atoms with E-state index in [9.17, 15) is 9.90 Å². The van der Waals surface area contributed by atoms with E-state index < -0.39 is 11.5 Å². The van der Waals surface area contributed by atoms with Gasteiger partial charge in [-0.15, -0.1) is 0 Å². The SMILES string of the molecule is CCCCCCCCCCCCCCCCC(O)(C(N)=O)c1ccccc1. The van der Waals surface area contributed by atoms with Gasteiger partial charge in [-0.1, -0.05) is 121 Å². The molecule has 0 spiro atoms. The quantitative estimate of drug-likeness (QED) is 0.317. The van der Waals surface area contributed by atoms with Gasteiger partial charge in [-0.25, -0.2) is 0 Å². The van der Waals surface area contributed by atoms with E-state index in [1.807, 2.05) is 18.2 Å². The molecule has 154 valence electrons. The van der Waals surface area contributed by atoms with E-state index in [-0.39, 0.29) is 0 Å². The molecular formula is C24H41NO2. The maximum absolute atomic E-state index is 11.8. The molecule has 0 heterocycles. The van der Waals surface area contributed by atoms with Crippen molar-refractivity contribution in [2.24, 2.45) is 5.73 Å². The minimum Gasteiger partial charge on any atom is -0.375 e. The maximum atomic E-state index is 11.8. The van der Waals surface area contributed by atoms with Gasteiger partial charge in [0.25, 0.3) is 5.91 Å². The van der Waals surface area contributed by atoms with Crippen LogP contribution in [0.2, 0.25) is 0 Å². The van der Waals surface area contributed by atoms with Gasteiger partial charge >= 0.3 is 0 Å². The van der Waals surface area contributed by atoms with Gasteiger partial charge in [0.05, 0.1) is 0 Å². The van der Waals surface area contributed by atoms with E-state index in [1.165, 1.54) is 77.0 Å². The van der Waals surface area contributed by atoms with Crippen molar-refractivity contribution in [1.82, 2.24) is 0 Å². The summed E-state index contributed by atoms with van der Waals surface area (Å²) in [5.41, 5.74) is 4.54. The highest BCUT2D eigenvalue weighted by Crippen LogP contribution is 2.27. The molecule has 0 aliphatic carbocycles. The maximum Gasteiger partial charge on any atom is 0.254 e. The number of carbonyl (C=O) groups excluding carboxylic acids is 1. The Morgan fingerprint density at radius 1 is 0.778 bits per heavy atom. The standard InChI is InChI=1S/C24H41NO2/c1-2-3-4-5-6-7-8-9-10-11-12-13-14-18-21-24(27,23(25)26)22-19-16-15-17-20-22/h15-17,19-20,27H,2-14,18,21H2,1H3,(H2,25,26). The summed E-state index contributed by atoms with van der Waals surface area (Å²) >= 11 is 0. The summed E-state index contributed by atoms with van der Waals surface area (Å²) in [7, 11) is 0. The van der Waals surface area contributed by atoms with Gasteiger partial charge in [-0.3, -0.25) is 4.79 Å². The van der Waals surface area contributed by atoms with Gasteiger partial charge < -0.3 is 10.8 Å². The molecule has 3 nitrogen and oxygen atoms in total. The lowest BCUT2D eigenvalue weighted by Crippen LogP contribution is -2.41. The van der Waals surface area contributed by atoms with Crippen LogP contribution in [0.1, 0.15) is 109 Å². The monoisotopic (exact) mass is 375 g/mol. The van der Waals surface area contributed by atoms with E-state index >= 15 is 0 Å². The Hall–Kier alpha value is -1.35. The average molecular weight is 376 g/mol. The van der Waals surface area contributed by atoms with Crippen molar-refractivity contribution in [3.63, 3.8) is 0 Å². The zero-order chi connectivity index (χ0) is 19.8. The first-order valence-corrected chi connectivity index (χ1v) is 11.2. The largest absolute Gasteiger partial charge is 0.375 e. The topological polar surface area (TPSA) is 63.3 Å². The molecule has 1 aromatic carbocycles. The van der Waals surface area contributed by atoms with Gasteiger partial charge in [-0.05, 0) is 18.4 Å². The average Bonchev–Trinajstić information content (AvgIpc) is 2.68. The number of primary amides is 1. The molecule has 3 heteroatoms. The molecule has 3 N–H and O–H groups in total. The smallest absolute Gasteiger partial charge is 0.254 e. The van der Waals surface area contributed by atoms with Crippen LogP contribution in [0, 0.1) is 0 Å². The molecule has 1 amide bonds. The molecule has 0 fully saturated rings. The fourth-order valence-electron chi connectivity index (χ4n) is 3.70. The fourth-order valence-corrected chi connectivity index (χ4v) is 3.70. The van der Waals surface area contributed by atoms with E-state index in [4.69, 9.17) is 5.73 Å². The van der Waals surface area contributed by atoms with Crippen LogP contribution in [0.3, 0.4) is 0 Å². The number of unbranched alkanes of at least 4 members (excludes halogenated alkanes) is 13. The molecule has 0 radical (unpaired) electrons. The molecule has 1 rings (SSSR count). The summed E-state index contributed by atoms with van der Waals surface area (Å²) in [4.78, 5) is 11.8. The molecule has 1 atom stereocenters. The summed E-state index contributed by atoms with van der Waals surface area (Å²) in [5, 5.41) is 10.7. The van der Waals surface area contributed by atoms with Crippen molar-refractivity contribution in [3.05, 3.63) is 35.9 Å². The second kappa shape index (κ2) is 14.7. The highest BCUT2D eigenvalue weighted by molar-refractivity contribution is 5.84. The first-order chi connectivity index (χ1) is 13.1. The molecule has 0 aliphatic heterocycles. The second-order valence-corrected chi connectivity index (χ2v) is 7.94. The highest BCUT2D eigenvalue weighted by atomic mass is 16.3. The van der Waals surface area contributed by atoms with Crippen molar-refractivity contribution in [2.75, 3.05) is 0 Å². The zero-order valence-electron chi connectivity index (χ0n) is 17.4. The minimum atomic E-state index is -1.53. The van der Waals surface area contributed by atoms with Gasteiger partial charge in [0, 0.05) is 0 Å². The van der Waals surface area contributed by atoms with Crippen molar-refractivity contribution in [1.29, 1.82) is 0 Å². The van der Waals surface area contributed by atoms with Crippen molar-refractivity contribution in [3.8, 4) is 0 Å². The summed E-state index contributed by atoms with van der Waals surface area (Å²) in [6.07, 6.45) is 18.4. The van der Waals surface area contributed by atoms with E-state index in [1.54, 1.807) is 12.1 Å². The molecule has 0 saturated heterocycles. The Morgan fingerprint density at radius 2 is 1.19 bits per heavy atom. The normalized spacial score (nSPS) is 13.4. The first-order valence-electron chi connectivity index (χ1n) is 11.2. The number of carbonyl (C=O) groups is 1. The van der Waals surface area contributed by atoms with Crippen LogP contribution in [0.15, 0.2) is 30.3 Å². The molecule has 27 heavy (non-hydrogen) atoms. The van der Waals surface area contributed by atoms with Crippen molar-refractivity contribution >= 4 is 5.91 Å². The van der Waals surface area contributed by atoms with Crippen molar-refractivity contribution < 1.29 is 9.90 Å². The Balaban J connectivity index is 2.02. The third-order valence-corrected chi connectivity index (χ3v) is 5.55. The molecule has 0 saturated carbocycles. The Morgan fingerprint density at radius 3 is 1.59 bits per heavy atom. The van der Waals surface area contributed by atoms with E-state index in [0.717, 1.165) is 12.8 Å². The Labute approximate surface area is 166 Å². The molecule has 1 aromatic rings. The third-order valence-electron chi connectivity index (χ3n) is 5.55. The highest BCUT2D eigenvalue weighted by Gasteiger charge is 2.34. The lowest BCUT2D eigenvalue weighted by atomic mass is 9.87.